The Bertz CT molecular complexity index is 475. The van der Waals surface area contributed by atoms with Gasteiger partial charge >= 0.3 is 11.9 Å². The highest BCUT2D eigenvalue weighted by atomic mass is 16.4. The van der Waals surface area contributed by atoms with E-state index in [1.165, 1.54) is 12.1 Å². The van der Waals surface area contributed by atoms with Crippen LogP contribution in [0.4, 0.5) is 0 Å². The van der Waals surface area contributed by atoms with E-state index >= 15 is 0 Å². The SMILES string of the molecule is C1CNCCN1.CCCN.Cc1ccc(C(=O)O)cc1C(=O)O. The molecule has 1 aromatic rings. The predicted molar refractivity (Wildman–Crippen MR) is 90.2 cm³/mol. The van der Waals surface area contributed by atoms with Gasteiger partial charge in [-0.3, -0.25) is 0 Å². The van der Waals surface area contributed by atoms with Gasteiger partial charge in [-0.1, -0.05) is 13.0 Å². The first kappa shape index (κ1) is 21.0. The first-order chi connectivity index (χ1) is 10.9. The Kier molecular flexibility index (Phi) is 11.5. The summed E-state index contributed by atoms with van der Waals surface area (Å²) in [4.78, 5) is 21.1. The number of benzene rings is 1. The number of nitrogens with one attached hydrogen (secondary N) is 2. The number of hydrogen-bond acceptors (Lipinski definition) is 5. The van der Waals surface area contributed by atoms with E-state index in [1.54, 1.807) is 6.92 Å². The van der Waals surface area contributed by atoms with Crippen LogP contribution in [0.2, 0.25) is 0 Å². The summed E-state index contributed by atoms with van der Waals surface area (Å²) in [5.74, 6) is -2.23. The van der Waals surface area contributed by atoms with Gasteiger partial charge < -0.3 is 26.6 Å². The number of piperazine rings is 1. The zero-order chi connectivity index (χ0) is 17.7. The molecule has 0 spiro atoms. The third-order valence-corrected chi connectivity index (χ3v) is 2.96. The highest BCUT2D eigenvalue weighted by molar-refractivity contribution is 5.94. The van der Waals surface area contributed by atoms with E-state index in [0.29, 0.717) is 5.56 Å². The summed E-state index contributed by atoms with van der Waals surface area (Å²) in [7, 11) is 0. The molecule has 7 nitrogen and oxygen atoms in total. The van der Waals surface area contributed by atoms with Crippen molar-refractivity contribution < 1.29 is 19.8 Å². The first-order valence-corrected chi connectivity index (χ1v) is 7.62. The van der Waals surface area contributed by atoms with Gasteiger partial charge in [0.1, 0.15) is 0 Å². The van der Waals surface area contributed by atoms with Gasteiger partial charge in [0.2, 0.25) is 0 Å². The number of nitrogens with two attached hydrogens (primary N) is 1. The van der Waals surface area contributed by atoms with Crippen LogP contribution in [0, 0.1) is 6.92 Å². The van der Waals surface area contributed by atoms with Gasteiger partial charge in [-0.2, -0.15) is 0 Å². The molecule has 1 aromatic carbocycles. The van der Waals surface area contributed by atoms with Crippen molar-refractivity contribution >= 4 is 11.9 Å². The number of carboxylic acid groups (broad SMARTS) is 2. The van der Waals surface area contributed by atoms with E-state index in [-0.39, 0.29) is 11.1 Å². The molecule has 1 aliphatic heterocycles. The second kappa shape index (κ2) is 12.6. The largest absolute Gasteiger partial charge is 0.478 e. The first-order valence-electron chi connectivity index (χ1n) is 7.62. The molecule has 0 aromatic heterocycles. The summed E-state index contributed by atoms with van der Waals surface area (Å²) >= 11 is 0. The summed E-state index contributed by atoms with van der Waals surface area (Å²) < 4.78 is 0. The van der Waals surface area contributed by atoms with Crippen LogP contribution in [-0.2, 0) is 0 Å². The third-order valence-electron chi connectivity index (χ3n) is 2.96. The predicted octanol–water partition coefficient (Wildman–Crippen LogP) is 0.926. The molecule has 0 saturated carbocycles. The Morgan fingerprint density at radius 2 is 1.57 bits per heavy atom. The molecule has 0 unspecified atom stereocenters. The summed E-state index contributed by atoms with van der Waals surface area (Å²) in [6.07, 6.45) is 1.10. The second-order valence-electron chi connectivity index (χ2n) is 4.93. The summed E-state index contributed by atoms with van der Waals surface area (Å²) in [6.45, 7) is 9.05. The fourth-order valence-corrected chi connectivity index (χ4v) is 1.59. The van der Waals surface area contributed by atoms with E-state index in [9.17, 15) is 9.59 Å². The zero-order valence-corrected chi connectivity index (χ0v) is 13.8. The van der Waals surface area contributed by atoms with Gasteiger partial charge in [0, 0.05) is 26.2 Å². The van der Waals surface area contributed by atoms with Crippen molar-refractivity contribution in [3.63, 3.8) is 0 Å². The molecule has 0 amide bonds. The van der Waals surface area contributed by atoms with Crippen molar-refractivity contribution in [3.05, 3.63) is 34.9 Å². The molecule has 23 heavy (non-hydrogen) atoms. The molecule has 2 rings (SSSR count). The van der Waals surface area contributed by atoms with Crippen molar-refractivity contribution in [2.75, 3.05) is 32.7 Å². The molecular formula is C16H27N3O4. The topological polar surface area (TPSA) is 125 Å². The lowest BCUT2D eigenvalue weighted by Gasteiger charge is -2.11. The Labute approximate surface area is 136 Å². The zero-order valence-electron chi connectivity index (χ0n) is 13.8. The van der Waals surface area contributed by atoms with Gasteiger partial charge in [0.15, 0.2) is 0 Å². The maximum atomic E-state index is 10.6. The van der Waals surface area contributed by atoms with Crippen molar-refractivity contribution in [1.29, 1.82) is 0 Å². The minimum atomic E-state index is -1.12. The van der Waals surface area contributed by atoms with Gasteiger partial charge in [-0.25, -0.2) is 9.59 Å². The van der Waals surface area contributed by atoms with Crippen LogP contribution in [0.25, 0.3) is 0 Å². The number of rotatable bonds is 3. The second-order valence-corrected chi connectivity index (χ2v) is 4.93. The summed E-state index contributed by atoms with van der Waals surface area (Å²) in [5.41, 5.74) is 5.60. The lowest BCUT2D eigenvalue weighted by molar-refractivity contribution is 0.0695. The highest BCUT2D eigenvalue weighted by Gasteiger charge is 2.10. The molecule has 1 aliphatic rings. The monoisotopic (exact) mass is 325 g/mol. The number of carboxylic acids is 2. The lowest BCUT2D eigenvalue weighted by Crippen LogP contribution is -2.39. The van der Waals surface area contributed by atoms with E-state index in [0.717, 1.165) is 45.2 Å². The lowest BCUT2D eigenvalue weighted by atomic mass is 10.1. The van der Waals surface area contributed by atoms with Crippen LogP contribution in [0.3, 0.4) is 0 Å². The fraction of sp³-hybridized carbons (Fsp3) is 0.500. The maximum Gasteiger partial charge on any atom is 0.335 e. The van der Waals surface area contributed by atoms with Crippen molar-refractivity contribution in [1.82, 2.24) is 10.6 Å². The molecular weight excluding hydrogens is 298 g/mol. The summed E-state index contributed by atoms with van der Waals surface area (Å²) in [6, 6.07) is 4.01. The van der Waals surface area contributed by atoms with Crippen LogP contribution in [-0.4, -0.2) is 54.9 Å². The fourth-order valence-electron chi connectivity index (χ4n) is 1.59. The molecule has 0 aliphatic carbocycles. The van der Waals surface area contributed by atoms with Crippen LogP contribution in [0.5, 0.6) is 0 Å². The average molecular weight is 325 g/mol. The molecule has 1 saturated heterocycles. The van der Waals surface area contributed by atoms with Crippen LogP contribution in [0.15, 0.2) is 18.2 Å². The van der Waals surface area contributed by atoms with Crippen molar-refractivity contribution in [3.8, 4) is 0 Å². The quantitative estimate of drug-likeness (QED) is 0.560. The smallest absolute Gasteiger partial charge is 0.335 e. The van der Waals surface area contributed by atoms with Crippen molar-refractivity contribution in [2.45, 2.75) is 20.3 Å². The average Bonchev–Trinajstić information content (AvgIpc) is 2.57. The number of hydrogen-bond donors (Lipinski definition) is 5. The minimum Gasteiger partial charge on any atom is -0.478 e. The Morgan fingerprint density at radius 3 is 1.87 bits per heavy atom. The molecule has 130 valence electrons. The van der Waals surface area contributed by atoms with Crippen LogP contribution >= 0.6 is 0 Å². The minimum absolute atomic E-state index is 0.0111. The Balaban J connectivity index is 0.000000398. The van der Waals surface area contributed by atoms with E-state index in [2.05, 4.69) is 17.6 Å². The Hall–Kier alpha value is -1.96. The number of aromatic carboxylic acids is 2. The summed E-state index contributed by atoms with van der Waals surface area (Å²) in [5, 5.41) is 23.7. The number of aryl methyl sites for hydroxylation is 1. The molecule has 0 radical (unpaired) electrons. The molecule has 1 fully saturated rings. The third kappa shape index (κ3) is 9.62. The van der Waals surface area contributed by atoms with Crippen molar-refractivity contribution in [2.24, 2.45) is 5.73 Å². The number of carbonyl (C=O) groups is 2. The normalized spacial score (nSPS) is 13.0. The van der Waals surface area contributed by atoms with Crippen LogP contribution < -0.4 is 16.4 Å². The molecule has 7 heteroatoms. The highest BCUT2D eigenvalue weighted by Crippen LogP contribution is 2.11. The molecule has 1 heterocycles. The standard InChI is InChI=1S/C9H8O4.C4H10N2.C3H9N/c1-5-2-3-6(8(10)11)4-7(5)9(12)13;1-2-6-4-3-5-1;1-2-3-4/h2-4H,1H3,(H,10,11)(H,12,13);5-6H,1-4H2;2-4H2,1H3. The van der Waals surface area contributed by atoms with Crippen LogP contribution in [0.1, 0.15) is 39.6 Å². The maximum absolute atomic E-state index is 10.6. The Morgan fingerprint density at radius 1 is 1.09 bits per heavy atom. The van der Waals surface area contributed by atoms with E-state index < -0.39 is 11.9 Å². The van der Waals surface area contributed by atoms with E-state index in [1.807, 2.05) is 0 Å². The molecule has 0 bridgehead atoms. The van der Waals surface area contributed by atoms with Gasteiger partial charge in [-0.15, -0.1) is 0 Å². The van der Waals surface area contributed by atoms with Gasteiger partial charge in [0.05, 0.1) is 11.1 Å². The molecule has 6 N–H and O–H groups in total. The van der Waals surface area contributed by atoms with Gasteiger partial charge in [-0.05, 0) is 37.6 Å². The van der Waals surface area contributed by atoms with Gasteiger partial charge in [0.25, 0.3) is 0 Å². The van der Waals surface area contributed by atoms with E-state index in [4.69, 9.17) is 15.9 Å². The molecule has 0 atom stereocenters.